The molecule has 0 saturated carbocycles. The lowest BCUT2D eigenvalue weighted by atomic mass is 9.92. The van der Waals surface area contributed by atoms with Crippen LogP contribution in [0.2, 0.25) is 0 Å². The third-order valence-electron chi connectivity index (χ3n) is 4.64. The summed E-state index contributed by atoms with van der Waals surface area (Å²) in [4.78, 5) is 28.3. The maximum absolute atomic E-state index is 13.0. The van der Waals surface area contributed by atoms with Crippen LogP contribution in [0.4, 0.5) is 18.9 Å². The number of nitrogens with two attached hydrogens (primary N) is 1. The number of para-hydroxylation sites is 1. The number of halogens is 3. The molecule has 2 amide bonds. The number of allylic oxidation sites excluding steroid dienone is 1. The number of alkyl halides is 3. The van der Waals surface area contributed by atoms with Gasteiger partial charge >= 0.3 is 6.18 Å². The van der Waals surface area contributed by atoms with Crippen LogP contribution in [0.5, 0.6) is 0 Å². The van der Waals surface area contributed by atoms with Crippen molar-refractivity contribution in [1.82, 2.24) is 16.0 Å². The molecule has 2 unspecified atom stereocenters. The molecule has 2 rings (SSSR count). The smallest absolute Gasteiger partial charge is 0.394 e. The molecule has 0 bridgehead atoms. The Morgan fingerprint density at radius 3 is 2.53 bits per heavy atom. The highest BCUT2D eigenvalue weighted by atomic mass is 19.4. The van der Waals surface area contributed by atoms with Gasteiger partial charge in [0.05, 0.1) is 11.3 Å². The predicted octanol–water partition coefficient (Wildman–Crippen LogP) is 1.78. The summed E-state index contributed by atoms with van der Waals surface area (Å²) in [7, 11) is 0. The van der Waals surface area contributed by atoms with Gasteiger partial charge in [-0.2, -0.15) is 13.2 Å². The summed E-state index contributed by atoms with van der Waals surface area (Å²) in [6, 6.07) is 8.45. The van der Waals surface area contributed by atoms with Crippen molar-refractivity contribution in [1.29, 1.82) is 0 Å². The SMILES string of the molecule is CC1CC(C(=O)NCCNC(=O)C(C=Nc2ccccc2)=C(N)C(F)(F)F)CCN1. The first-order valence-corrected chi connectivity index (χ1v) is 9.64. The number of carbonyl (C=O) groups is 2. The second kappa shape index (κ2) is 10.8. The van der Waals surface area contributed by atoms with E-state index in [-0.39, 0.29) is 31.0 Å². The van der Waals surface area contributed by atoms with Gasteiger partial charge in [0.1, 0.15) is 5.70 Å². The Morgan fingerprint density at radius 1 is 1.23 bits per heavy atom. The zero-order valence-electron chi connectivity index (χ0n) is 16.6. The highest BCUT2D eigenvalue weighted by Gasteiger charge is 2.35. The van der Waals surface area contributed by atoms with Crippen LogP contribution >= 0.6 is 0 Å². The number of nitrogens with one attached hydrogen (secondary N) is 3. The topological polar surface area (TPSA) is 109 Å². The highest BCUT2D eigenvalue weighted by Crippen LogP contribution is 2.24. The van der Waals surface area contributed by atoms with E-state index in [1.54, 1.807) is 30.3 Å². The van der Waals surface area contributed by atoms with E-state index in [4.69, 9.17) is 5.73 Å². The number of rotatable bonds is 7. The molecule has 10 heteroatoms. The first kappa shape index (κ1) is 23.4. The molecule has 164 valence electrons. The lowest BCUT2D eigenvalue weighted by molar-refractivity contribution is -0.126. The van der Waals surface area contributed by atoms with Gasteiger partial charge in [-0.25, -0.2) is 0 Å². The van der Waals surface area contributed by atoms with Crippen molar-refractivity contribution >= 4 is 23.7 Å². The van der Waals surface area contributed by atoms with E-state index < -0.39 is 23.4 Å². The second-order valence-electron chi connectivity index (χ2n) is 7.04. The minimum absolute atomic E-state index is 0.0427. The quantitative estimate of drug-likeness (QED) is 0.303. The van der Waals surface area contributed by atoms with E-state index in [9.17, 15) is 22.8 Å². The number of amides is 2. The molecule has 0 radical (unpaired) electrons. The molecule has 0 spiro atoms. The van der Waals surface area contributed by atoms with Gasteiger partial charge in [-0.15, -0.1) is 0 Å². The van der Waals surface area contributed by atoms with E-state index in [1.165, 1.54) is 0 Å². The van der Waals surface area contributed by atoms with E-state index >= 15 is 0 Å². The van der Waals surface area contributed by atoms with Gasteiger partial charge in [0, 0.05) is 31.3 Å². The molecule has 30 heavy (non-hydrogen) atoms. The van der Waals surface area contributed by atoms with Crippen LogP contribution in [0.25, 0.3) is 0 Å². The van der Waals surface area contributed by atoms with Crippen LogP contribution in [-0.2, 0) is 9.59 Å². The van der Waals surface area contributed by atoms with Crippen molar-refractivity contribution < 1.29 is 22.8 Å². The Morgan fingerprint density at radius 2 is 1.90 bits per heavy atom. The molecule has 0 aromatic heterocycles. The van der Waals surface area contributed by atoms with Crippen molar-refractivity contribution in [2.24, 2.45) is 16.6 Å². The molecule has 5 N–H and O–H groups in total. The lowest BCUT2D eigenvalue weighted by Crippen LogP contribution is -2.44. The average Bonchev–Trinajstić information content (AvgIpc) is 2.71. The molecule has 7 nitrogen and oxygen atoms in total. The Kier molecular flexibility index (Phi) is 8.40. The molecular formula is C20H26F3N5O2. The molecule has 1 fully saturated rings. The van der Waals surface area contributed by atoms with E-state index in [1.807, 2.05) is 6.92 Å². The first-order chi connectivity index (χ1) is 14.2. The summed E-state index contributed by atoms with van der Waals surface area (Å²) in [5.74, 6) is -1.27. The molecule has 2 atom stereocenters. The number of nitrogens with zero attached hydrogens (tertiary/aromatic N) is 1. The zero-order chi connectivity index (χ0) is 22.1. The second-order valence-corrected chi connectivity index (χ2v) is 7.04. The maximum Gasteiger partial charge on any atom is 0.431 e. The van der Waals surface area contributed by atoms with Crippen molar-refractivity contribution in [3.8, 4) is 0 Å². The third kappa shape index (κ3) is 7.18. The van der Waals surface area contributed by atoms with Crippen LogP contribution < -0.4 is 21.7 Å². The number of benzene rings is 1. The van der Waals surface area contributed by atoms with Crippen LogP contribution in [0.3, 0.4) is 0 Å². The Hall–Kier alpha value is -2.88. The Labute approximate surface area is 173 Å². The van der Waals surface area contributed by atoms with E-state index in [2.05, 4.69) is 20.9 Å². The minimum Gasteiger partial charge on any atom is -0.394 e. The van der Waals surface area contributed by atoms with Gasteiger partial charge in [0.15, 0.2) is 0 Å². The van der Waals surface area contributed by atoms with Crippen LogP contribution in [0.15, 0.2) is 46.6 Å². The third-order valence-corrected chi connectivity index (χ3v) is 4.64. The van der Waals surface area contributed by atoms with Crippen molar-refractivity contribution in [2.45, 2.75) is 32.0 Å². The molecule has 1 heterocycles. The fraction of sp³-hybridized carbons (Fsp3) is 0.450. The van der Waals surface area contributed by atoms with Crippen molar-refractivity contribution in [3.05, 3.63) is 41.6 Å². The summed E-state index contributed by atoms with van der Waals surface area (Å²) < 4.78 is 39.1. The van der Waals surface area contributed by atoms with Gasteiger partial charge in [0.2, 0.25) is 5.91 Å². The normalized spacial score (nSPS) is 20.5. The molecule has 1 aromatic carbocycles. The summed E-state index contributed by atoms with van der Waals surface area (Å²) in [5, 5.41) is 8.29. The molecule has 1 aromatic rings. The fourth-order valence-electron chi connectivity index (χ4n) is 3.03. The Balaban J connectivity index is 1.94. The van der Waals surface area contributed by atoms with Gasteiger partial charge < -0.3 is 21.7 Å². The number of hydrogen-bond acceptors (Lipinski definition) is 5. The van der Waals surface area contributed by atoms with E-state index in [0.29, 0.717) is 18.5 Å². The average molecular weight is 425 g/mol. The summed E-state index contributed by atoms with van der Waals surface area (Å²) >= 11 is 0. The maximum atomic E-state index is 13.0. The van der Waals surface area contributed by atoms with Crippen molar-refractivity contribution in [3.63, 3.8) is 0 Å². The number of hydrogen-bond donors (Lipinski definition) is 4. The fourth-order valence-corrected chi connectivity index (χ4v) is 3.03. The monoisotopic (exact) mass is 425 g/mol. The van der Waals surface area contributed by atoms with Gasteiger partial charge in [-0.1, -0.05) is 18.2 Å². The minimum atomic E-state index is -4.88. The summed E-state index contributed by atoms with van der Waals surface area (Å²) in [5.41, 5.74) is 3.20. The molecule has 1 aliphatic heterocycles. The van der Waals surface area contributed by atoms with Crippen LogP contribution in [-0.4, -0.2) is 49.9 Å². The molecule has 1 saturated heterocycles. The Bertz CT molecular complexity index is 793. The van der Waals surface area contributed by atoms with E-state index in [0.717, 1.165) is 12.8 Å². The molecule has 0 aliphatic carbocycles. The first-order valence-electron chi connectivity index (χ1n) is 9.64. The number of piperidine rings is 1. The zero-order valence-corrected chi connectivity index (χ0v) is 16.6. The van der Waals surface area contributed by atoms with Gasteiger partial charge in [-0.05, 0) is 38.4 Å². The molecular weight excluding hydrogens is 399 g/mol. The standard InChI is InChI=1S/C20H26F3N5O2/c1-13-11-14(7-8-25-13)18(29)26-9-10-27-19(30)16(17(24)20(21,22)23)12-28-15-5-3-2-4-6-15/h2-6,12-14,25H,7-11,24H2,1H3,(H,26,29)(H,27,30). The molecule has 1 aliphatic rings. The van der Waals surface area contributed by atoms with Gasteiger partial charge in [0.25, 0.3) is 5.91 Å². The number of aliphatic imine (C=N–C) groups is 1. The van der Waals surface area contributed by atoms with Crippen LogP contribution in [0.1, 0.15) is 19.8 Å². The van der Waals surface area contributed by atoms with Crippen molar-refractivity contribution in [2.75, 3.05) is 19.6 Å². The van der Waals surface area contributed by atoms with Gasteiger partial charge in [-0.3, -0.25) is 14.6 Å². The highest BCUT2D eigenvalue weighted by molar-refractivity contribution is 6.13. The lowest BCUT2D eigenvalue weighted by Gasteiger charge is -2.27. The summed E-state index contributed by atoms with van der Waals surface area (Å²) in [6.07, 6.45) is -2.66. The van der Waals surface area contributed by atoms with Crippen LogP contribution in [0, 0.1) is 5.92 Å². The predicted molar refractivity (Wildman–Crippen MR) is 108 cm³/mol. The number of carbonyl (C=O) groups excluding carboxylic acids is 2. The largest absolute Gasteiger partial charge is 0.431 e. The summed E-state index contributed by atoms with van der Waals surface area (Å²) in [6.45, 7) is 2.80.